The van der Waals surface area contributed by atoms with Gasteiger partial charge < -0.3 is 16.4 Å². The van der Waals surface area contributed by atoms with E-state index in [1.165, 1.54) is 31.7 Å². The summed E-state index contributed by atoms with van der Waals surface area (Å²) in [6.45, 7) is 0.758. The van der Waals surface area contributed by atoms with Crippen molar-refractivity contribution < 1.29 is 14.3 Å². The van der Waals surface area contributed by atoms with Gasteiger partial charge in [0.1, 0.15) is 0 Å². The van der Waals surface area contributed by atoms with E-state index in [4.69, 9.17) is 10.4 Å². The van der Waals surface area contributed by atoms with Crippen LogP contribution in [0.5, 0.6) is 0 Å². The number of aromatic nitrogens is 2. The minimum Gasteiger partial charge on any atom is -0.399 e. The number of benzene rings is 3. The molecule has 0 aliphatic carbocycles. The summed E-state index contributed by atoms with van der Waals surface area (Å²) in [5.74, 6) is 0.0584. The maximum Gasteiger partial charge on any atom is 0.300 e. The van der Waals surface area contributed by atoms with E-state index >= 15 is 0 Å². The van der Waals surface area contributed by atoms with Crippen LogP contribution in [0.3, 0.4) is 0 Å². The van der Waals surface area contributed by atoms with Gasteiger partial charge in [0, 0.05) is 30.4 Å². The molecule has 4 N–H and O–H groups in total. The summed E-state index contributed by atoms with van der Waals surface area (Å²) in [5, 5.41) is 24.8. The fourth-order valence-electron chi connectivity index (χ4n) is 4.66. The summed E-state index contributed by atoms with van der Waals surface area (Å²) >= 11 is 0. The molecule has 0 fully saturated rings. The summed E-state index contributed by atoms with van der Waals surface area (Å²) in [6, 6.07) is 18.7. The Hall–Kier alpha value is -4.47. The summed E-state index contributed by atoms with van der Waals surface area (Å²) in [4.78, 5) is 22.9. The summed E-state index contributed by atoms with van der Waals surface area (Å²) in [5.41, 5.74) is 10.6. The number of rotatable bonds is 16. The van der Waals surface area contributed by atoms with Crippen molar-refractivity contribution in [3.8, 4) is 11.1 Å². The predicted octanol–water partition coefficient (Wildman–Crippen LogP) is 7.33. The Labute approximate surface area is 233 Å². The van der Waals surface area contributed by atoms with Gasteiger partial charge in [-0.2, -0.15) is 0 Å². The Balaban J connectivity index is 0.998. The van der Waals surface area contributed by atoms with Crippen LogP contribution in [0.25, 0.3) is 22.2 Å². The lowest BCUT2D eigenvalue weighted by Gasteiger charge is -2.08. The van der Waals surface area contributed by atoms with Crippen LogP contribution < -0.4 is 16.4 Å². The van der Waals surface area contributed by atoms with Crippen LogP contribution in [-0.2, 0) is 4.79 Å². The normalized spacial score (nSPS) is 11.0. The number of carbonyl (C=O) groups is 1. The number of nitrogen functional groups attached to an aromatic ring is 1. The fraction of sp³-hybridized carbons (Fsp3) is 0.367. The van der Waals surface area contributed by atoms with Gasteiger partial charge >= 0.3 is 5.69 Å². The van der Waals surface area contributed by atoms with Gasteiger partial charge in [-0.15, -0.1) is 0 Å². The smallest absolute Gasteiger partial charge is 0.300 e. The molecule has 1 aromatic heterocycles. The topological polar surface area (TPSA) is 149 Å². The second-order valence-corrected chi connectivity index (χ2v) is 9.96. The molecule has 0 bridgehead atoms. The molecule has 1 heterocycles. The highest BCUT2D eigenvalue weighted by atomic mass is 16.6. The molecule has 10 nitrogen and oxygen atoms in total. The molecule has 4 aromatic rings. The second kappa shape index (κ2) is 14.6. The van der Waals surface area contributed by atoms with E-state index in [0.717, 1.165) is 61.2 Å². The zero-order valence-electron chi connectivity index (χ0n) is 22.6. The number of unbranched alkanes of at least 4 members (excludes halogenated alkanes) is 8. The first-order valence-electron chi connectivity index (χ1n) is 13.9. The van der Waals surface area contributed by atoms with E-state index in [1.807, 2.05) is 48.5 Å². The summed E-state index contributed by atoms with van der Waals surface area (Å²) in [6.07, 6.45) is 10.5. The SMILES string of the molecule is Nc1ccc(-c2ccc(NC(=O)CCCCCCCCCCCNc3ccc([N+](=O)[O-])c4nonc34)cc2)cc1. The number of hydrogen-bond donors (Lipinski definition) is 3. The van der Waals surface area contributed by atoms with Crippen molar-refractivity contribution in [3.63, 3.8) is 0 Å². The first-order valence-corrected chi connectivity index (χ1v) is 13.9. The molecule has 0 spiro atoms. The van der Waals surface area contributed by atoms with Crippen LogP contribution in [0.15, 0.2) is 65.3 Å². The maximum atomic E-state index is 12.3. The van der Waals surface area contributed by atoms with Crippen molar-refractivity contribution >= 4 is 39.7 Å². The zero-order chi connectivity index (χ0) is 28.2. The van der Waals surface area contributed by atoms with E-state index < -0.39 is 4.92 Å². The fourth-order valence-corrected chi connectivity index (χ4v) is 4.66. The lowest BCUT2D eigenvalue weighted by molar-refractivity contribution is -0.383. The van der Waals surface area contributed by atoms with Gasteiger partial charge in [-0.05, 0) is 64.6 Å². The van der Waals surface area contributed by atoms with E-state index in [9.17, 15) is 14.9 Å². The Morgan fingerprint density at radius 3 is 2.00 bits per heavy atom. The number of hydrogen-bond acceptors (Lipinski definition) is 8. The molecule has 40 heavy (non-hydrogen) atoms. The zero-order valence-corrected chi connectivity index (χ0v) is 22.6. The number of nitro benzene ring substituents is 1. The summed E-state index contributed by atoms with van der Waals surface area (Å²) < 4.78 is 4.69. The third-order valence-corrected chi connectivity index (χ3v) is 6.90. The van der Waals surface area contributed by atoms with Gasteiger partial charge in [-0.3, -0.25) is 14.9 Å². The van der Waals surface area contributed by atoms with Crippen molar-refractivity contribution in [3.05, 3.63) is 70.8 Å². The third-order valence-electron chi connectivity index (χ3n) is 6.90. The van der Waals surface area contributed by atoms with Crippen molar-refractivity contribution in [1.82, 2.24) is 10.3 Å². The quantitative estimate of drug-likeness (QED) is 0.0574. The van der Waals surface area contributed by atoms with E-state index in [2.05, 4.69) is 20.9 Å². The molecule has 0 aliphatic rings. The molecule has 3 aromatic carbocycles. The van der Waals surface area contributed by atoms with Crippen molar-refractivity contribution in [2.45, 2.75) is 64.2 Å². The molecule has 0 radical (unpaired) electrons. The summed E-state index contributed by atoms with van der Waals surface area (Å²) in [7, 11) is 0. The van der Waals surface area contributed by atoms with Gasteiger partial charge in [0.25, 0.3) is 0 Å². The molecule has 10 heteroatoms. The molecule has 1 amide bonds. The van der Waals surface area contributed by atoms with E-state index in [0.29, 0.717) is 17.6 Å². The van der Waals surface area contributed by atoms with Crippen molar-refractivity contribution in [2.75, 3.05) is 22.9 Å². The van der Waals surface area contributed by atoms with Crippen LogP contribution in [0.2, 0.25) is 0 Å². The average molecular weight is 545 g/mol. The largest absolute Gasteiger partial charge is 0.399 e. The van der Waals surface area contributed by atoms with Gasteiger partial charge in [0.2, 0.25) is 11.4 Å². The average Bonchev–Trinajstić information content (AvgIpc) is 3.45. The first kappa shape index (κ1) is 28.5. The number of nitrogens with one attached hydrogen (secondary N) is 2. The van der Waals surface area contributed by atoms with E-state index in [1.54, 1.807) is 6.07 Å². The highest BCUT2D eigenvalue weighted by Crippen LogP contribution is 2.28. The number of nitrogens with zero attached hydrogens (tertiary/aromatic N) is 3. The van der Waals surface area contributed by atoms with Gasteiger partial charge in [0.15, 0.2) is 5.52 Å². The molecule has 0 saturated heterocycles. The third kappa shape index (κ3) is 8.26. The Kier molecular flexibility index (Phi) is 10.4. The standard InChI is InChI=1S/C30H36N6O4/c31-24-15-11-22(12-16-24)23-13-17-25(18-14-23)33-28(37)10-8-6-4-2-1-3-5-7-9-21-32-26-19-20-27(36(38)39)30-29(26)34-40-35-30/h11-20,32H,1-10,21,31H2,(H,33,37). The number of carbonyl (C=O) groups excluding carboxylic acids is 1. The number of anilines is 3. The second-order valence-electron chi connectivity index (χ2n) is 9.96. The molecule has 0 unspecified atom stereocenters. The Bertz CT molecular complexity index is 1390. The molecule has 210 valence electrons. The molecular formula is C30H36N6O4. The highest BCUT2D eigenvalue weighted by molar-refractivity contribution is 5.93. The van der Waals surface area contributed by atoms with Crippen molar-refractivity contribution in [1.29, 1.82) is 0 Å². The minimum atomic E-state index is -0.488. The molecule has 0 aliphatic heterocycles. The minimum absolute atomic E-state index is 0.0584. The van der Waals surface area contributed by atoms with Crippen LogP contribution in [0.4, 0.5) is 22.7 Å². The number of fused-ring (bicyclic) bond motifs is 1. The number of non-ortho nitro benzene ring substituents is 1. The highest BCUT2D eigenvalue weighted by Gasteiger charge is 2.19. The number of nitrogens with two attached hydrogens (primary N) is 1. The van der Waals surface area contributed by atoms with Crippen LogP contribution in [0, 0.1) is 10.1 Å². The number of nitro groups is 1. The maximum absolute atomic E-state index is 12.3. The Morgan fingerprint density at radius 1 is 0.775 bits per heavy atom. The Morgan fingerprint density at radius 2 is 1.35 bits per heavy atom. The van der Waals surface area contributed by atoms with Crippen LogP contribution in [0.1, 0.15) is 64.2 Å². The molecule has 0 saturated carbocycles. The first-order chi connectivity index (χ1) is 19.5. The van der Waals surface area contributed by atoms with Crippen molar-refractivity contribution in [2.24, 2.45) is 0 Å². The van der Waals surface area contributed by atoms with Gasteiger partial charge in [0.05, 0.1) is 10.6 Å². The van der Waals surface area contributed by atoms with Crippen LogP contribution in [-0.4, -0.2) is 27.7 Å². The lowest BCUT2D eigenvalue weighted by atomic mass is 10.0. The predicted molar refractivity (Wildman–Crippen MR) is 158 cm³/mol. The molecular weight excluding hydrogens is 508 g/mol. The van der Waals surface area contributed by atoms with Crippen LogP contribution >= 0.6 is 0 Å². The molecule has 4 rings (SSSR count). The molecule has 0 atom stereocenters. The van der Waals surface area contributed by atoms with Gasteiger partial charge in [-0.1, -0.05) is 69.2 Å². The lowest BCUT2D eigenvalue weighted by Crippen LogP contribution is -2.10. The van der Waals surface area contributed by atoms with E-state index in [-0.39, 0.29) is 17.1 Å². The van der Waals surface area contributed by atoms with Gasteiger partial charge in [-0.25, -0.2) is 4.63 Å². The number of amides is 1. The monoisotopic (exact) mass is 544 g/mol.